The number of rotatable bonds is 4. The number of urea groups is 1. The summed E-state index contributed by atoms with van der Waals surface area (Å²) in [6.45, 7) is 5.47. The normalized spacial score (nSPS) is 23.4. The first-order chi connectivity index (χ1) is 11.3. The second-order valence-corrected chi connectivity index (χ2v) is 8.10. The van der Waals surface area contributed by atoms with Gasteiger partial charge in [-0.25, -0.2) is 4.79 Å². The van der Waals surface area contributed by atoms with Gasteiger partial charge in [-0.05, 0) is 57.5 Å². The van der Waals surface area contributed by atoms with Crippen molar-refractivity contribution < 1.29 is 4.79 Å². The number of piperidine rings is 1. The van der Waals surface area contributed by atoms with Crippen LogP contribution >= 0.6 is 11.3 Å². The fourth-order valence-electron chi connectivity index (χ4n) is 3.60. The number of carbonyl (C=O) groups excluding carboxylic acids is 1. The highest BCUT2D eigenvalue weighted by atomic mass is 32.1. The summed E-state index contributed by atoms with van der Waals surface area (Å²) >= 11 is 1.53. The monoisotopic (exact) mass is 335 g/mol. The summed E-state index contributed by atoms with van der Waals surface area (Å²) in [5.74, 6) is 1.35. The molecule has 1 aromatic rings. The summed E-state index contributed by atoms with van der Waals surface area (Å²) < 4.78 is 0. The molecule has 0 unspecified atom stereocenters. The van der Waals surface area contributed by atoms with E-state index in [9.17, 15) is 4.79 Å². The molecule has 4 rings (SSSR count). The Balaban J connectivity index is 1.23. The van der Waals surface area contributed by atoms with Gasteiger partial charge in [-0.15, -0.1) is 10.2 Å². The van der Waals surface area contributed by atoms with Gasteiger partial charge in [0.15, 0.2) is 0 Å². The highest BCUT2D eigenvalue weighted by Gasteiger charge is 2.29. The summed E-state index contributed by atoms with van der Waals surface area (Å²) in [5.41, 5.74) is 0. The van der Waals surface area contributed by atoms with E-state index in [1.807, 2.05) is 4.90 Å². The van der Waals surface area contributed by atoms with Gasteiger partial charge in [-0.2, -0.15) is 0 Å². The Morgan fingerprint density at radius 3 is 2.52 bits per heavy atom. The fourth-order valence-corrected chi connectivity index (χ4v) is 4.50. The number of nitrogens with zero attached hydrogens (tertiary/aromatic N) is 4. The Morgan fingerprint density at radius 2 is 1.83 bits per heavy atom. The molecule has 0 atom stereocenters. The number of likely N-dealkylation sites (tertiary alicyclic amines) is 2. The maximum atomic E-state index is 12.4. The molecule has 2 saturated heterocycles. The first-order valence-electron chi connectivity index (χ1n) is 8.89. The third kappa shape index (κ3) is 3.83. The SMILES string of the molecule is O=C(Nc1nnc(C2CC2)s1)N1CCC(CN2CCCC2)CC1. The molecular formula is C16H25N5OS. The second kappa shape index (κ2) is 6.73. The van der Waals surface area contributed by atoms with Crippen molar-refractivity contribution in [2.24, 2.45) is 5.92 Å². The maximum absolute atomic E-state index is 12.4. The number of carbonyl (C=O) groups is 1. The third-order valence-corrected chi connectivity index (χ3v) is 6.20. The van der Waals surface area contributed by atoms with E-state index in [2.05, 4.69) is 20.4 Å². The van der Waals surface area contributed by atoms with Crippen LogP contribution in [-0.2, 0) is 0 Å². The molecule has 0 aromatic carbocycles. The molecule has 1 aromatic heterocycles. The van der Waals surface area contributed by atoms with Gasteiger partial charge in [0.05, 0.1) is 0 Å². The molecule has 3 aliphatic rings. The molecule has 1 saturated carbocycles. The molecule has 23 heavy (non-hydrogen) atoms. The van der Waals surface area contributed by atoms with E-state index in [0.717, 1.165) is 36.9 Å². The van der Waals surface area contributed by atoms with Crippen molar-refractivity contribution in [3.05, 3.63) is 5.01 Å². The van der Waals surface area contributed by atoms with E-state index < -0.39 is 0 Å². The van der Waals surface area contributed by atoms with Crippen LogP contribution in [0.2, 0.25) is 0 Å². The Labute approximate surface area is 141 Å². The lowest BCUT2D eigenvalue weighted by atomic mass is 9.96. The standard InChI is InChI=1S/C16H25N5OS/c22-16(17-15-19-18-14(23-15)13-3-4-13)21-9-5-12(6-10-21)11-20-7-1-2-8-20/h12-13H,1-11H2,(H,17,19,22). The van der Waals surface area contributed by atoms with E-state index in [4.69, 9.17) is 0 Å². The summed E-state index contributed by atoms with van der Waals surface area (Å²) in [6, 6.07) is -0.0110. The van der Waals surface area contributed by atoms with Gasteiger partial charge in [0.2, 0.25) is 5.13 Å². The number of aromatic nitrogens is 2. The topological polar surface area (TPSA) is 61.4 Å². The lowest BCUT2D eigenvalue weighted by molar-refractivity contribution is 0.163. The first-order valence-corrected chi connectivity index (χ1v) is 9.71. The van der Waals surface area contributed by atoms with Gasteiger partial charge in [0.1, 0.15) is 5.01 Å². The van der Waals surface area contributed by atoms with Crippen LogP contribution in [0.1, 0.15) is 49.5 Å². The van der Waals surface area contributed by atoms with E-state index in [0.29, 0.717) is 11.0 Å². The summed E-state index contributed by atoms with van der Waals surface area (Å²) in [7, 11) is 0. The Hall–Kier alpha value is -1.21. The molecule has 126 valence electrons. The Kier molecular flexibility index (Phi) is 4.48. The van der Waals surface area contributed by atoms with Gasteiger partial charge in [0, 0.05) is 25.6 Å². The van der Waals surface area contributed by atoms with Crippen LogP contribution in [0.3, 0.4) is 0 Å². The Bertz CT molecular complexity index is 544. The summed E-state index contributed by atoms with van der Waals surface area (Å²) in [4.78, 5) is 16.9. The highest BCUT2D eigenvalue weighted by molar-refractivity contribution is 7.15. The number of nitrogens with one attached hydrogen (secondary N) is 1. The van der Waals surface area contributed by atoms with Crippen LogP contribution in [-0.4, -0.2) is 58.8 Å². The molecule has 2 amide bonds. The number of hydrogen-bond acceptors (Lipinski definition) is 5. The van der Waals surface area contributed by atoms with Crippen molar-refractivity contribution in [1.82, 2.24) is 20.0 Å². The third-order valence-electron chi connectivity index (χ3n) is 5.20. The summed E-state index contributed by atoms with van der Waals surface area (Å²) in [5, 5.41) is 12.9. The van der Waals surface area contributed by atoms with E-state index >= 15 is 0 Å². The molecular weight excluding hydrogens is 310 g/mol. The zero-order chi connectivity index (χ0) is 15.6. The molecule has 1 aliphatic carbocycles. The summed E-state index contributed by atoms with van der Waals surface area (Å²) in [6.07, 6.45) is 7.37. The first kappa shape index (κ1) is 15.3. The molecule has 6 nitrogen and oxygen atoms in total. The van der Waals surface area contributed by atoms with Crippen molar-refractivity contribution in [2.75, 3.05) is 38.0 Å². The molecule has 3 fully saturated rings. The van der Waals surface area contributed by atoms with Crippen LogP contribution in [0.5, 0.6) is 0 Å². The van der Waals surface area contributed by atoms with Gasteiger partial charge >= 0.3 is 6.03 Å². The van der Waals surface area contributed by atoms with Gasteiger partial charge in [0.25, 0.3) is 0 Å². The predicted molar refractivity (Wildman–Crippen MR) is 90.9 cm³/mol. The minimum atomic E-state index is -0.0110. The average Bonchev–Trinajstić information content (AvgIpc) is 3.09. The van der Waals surface area contributed by atoms with Crippen LogP contribution in [0.15, 0.2) is 0 Å². The van der Waals surface area contributed by atoms with Crippen molar-refractivity contribution in [3.63, 3.8) is 0 Å². The fraction of sp³-hybridized carbons (Fsp3) is 0.812. The molecule has 3 heterocycles. The van der Waals surface area contributed by atoms with E-state index in [-0.39, 0.29) is 6.03 Å². The number of anilines is 1. The van der Waals surface area contributed by atoms with Crippen molar-refractivity contribution in [3.8, 4) is 0 Å². The van der Waals surface area contributed by atoms with Crippen LogP contribution in [0.25, 0.3) is 0 Å². The van der Waals surface area contributed by atoms with Crippen LogP contribution < -0.4 is 5.32 Å². The second-order valence-electron chi connectivity index (χ2n) is 7.09. The molecule has 7 heteroatoms. The lowest BCUT2D eigenvalue weighted by Gasteiger charge is -2.33. The minimum absolute atomic E-state index is 0.0110. The van der Waals surface area contributed by atoms with Gasteiger partial charge in [-0.1, -0.05) is 11.3 Å². The Morgan fingerprint density at radius 1 is 1.09 bits per heavy atom. The van der Waals surface area contributed by atoms with E-state index in [1.165, 1.54) is 56.7 Å². The smallest absolute Gasteiger partial charge is 0.323 e. The molecule has 0 radical (unpaired) electrons. The predicted octanol–water partition coefficient (Wildman–Crippen LogP) is 2.76. The molecule has 0 bridgehead atoms. The van der Waals surface area contributed by atoms with Gasteiger partial charge in [-0.3, -0.25) is 5.32 Å². The van der Waals surface area contributed by atoms with Crippen molar-refractivity contribution in [2.45, 2.75) is 44.4 Å². The van der Waals surface area contributed by atoms with E-state index in [1.54, 1.807) is 0 Å². The highest BCUT2D eigenvalue weighted by Crippen LogP contribution is 2.42. The van der Waals surface area contributed by atoms with Crippen LogP contribution in [0.4, 0.5) is 9.93 Å². The maximum Gasteiger partial charge on any atom is 0.323 e. The zero-order valence-electron chi connectivity index (χ0n) is 13.5. The van der Waals surface area contributed by atoms with Crippen LogP contribution in [0, 0.1) is 5.92 Å². The number of amides is 2. The minimum Gasteiger partial charge on any atom is -0.324 e. The van der Waals surface area contributed by atoms with Crippen molar-refractivity contribution >= 4 is 22.5 Å². The zero-order valence-corrected chi connectivity index (χ0v) is 14.4. The molecule has 1 N–H and O–H groups in total. The number of hydrogen-bond donors (Lipinski definition) is 1. The largest absolute Gasteiger partial charge is 0.324 e. The average molecular weight is 335 g/mol. The van der Waals surface area contributed by atoms with Gasteiger partial charge < -0.3 is 9.80 Å². The quantitative estimate of drug-likeness (QED) is 0.919. The lowest BCUT2D eigenvalue weighted by Crippen LogP contribution is -2.43. The molecule has 0 spiro atoms. The van der Waals surface area contributed by atoms with Crippen molar-refractivity contribution in [1.29, 1.82) is 0 Å². The molecule has 2 aliphatic heterocycles.